The zero-order valence-corrected chi connectivity index (χ0v) is 14.3. The Balaban J connectivity index is 1.91. The summed E-state index contributed by atoms with van der Waals surface area (Å²) in [6, 6.07) is 11.7. The first kappa shape index (κ1) is 16.7. The topological polar surface area (TPSA) is 53.4 Å². The Morgan fingerprint density at radius 2 is 2.08 bits per heavy atom. The summed E-state index contributed by atoms with van der Waals surface area (Å²) < 4.78 is 0. The fourth-order valence-corrected chi connectivity index (χ4v) is 3.43. The first-order chi connectivity index (χ1) is 11.6. The zero-order valence-electron chi connectivity index (χ0n) is 14.3. The molecule has 4 heteroatoms. The number of hydrogen-bond acceptors (Lipinski definition) is 3. The molecule has 0 saturated carbocycles. The summed E-state index contributed by atoms with van der Waals surface area (Å²) in [5, 5.41) is 9.55. The second-order valence-electron chi connectivity index (χ2n) is 6.50. The lowest BCUT2D eigenvalue weighted by atomic mass is 9.98. The van der Waals surface area contributed by atoms with Crippen LogP contribution in [0, 0.1) is 13.8 Å². The molecule has 0 bridgehead atoms. The number of rotatable bonds is 3. The molecule has 1 unspecified atom stereocenters. The van der Waals surface area contributed by atoms with Gasteiger partial charge in [0, 0.05) is 29.1 Å². The molecule has 4 nitrogen and oxygen atoms in total. The molecule has 1 atom stereocenters. The summed E-state index contributed by atoms with van der Waals surface area (Å²) in [7, 11) is 0. The van der Waals surface area contributed by atoms with Gasteiger partial charge in [-0.2, -0.15) is 0 Å². The minimum Gasteiger partial charge on any atom is -0.394 e. The van der Waals surface area contributed by atoms with E-state index in [1.54, 1.807) is 0 Å². The number of aromatic nitrogens is 1. The number of aliphatic hydroxyl groups is 1. The number of amides is 1. The number of piperidine rings is 1. The summed E-state index contributed by atoms with van der Waals surface area (Å²) in [5.41, 5.74) is 4.68. The van der Waals surface area contributed by atoms with E-state index in [0.29, 0.717) is 5.56 Å². The van der Waals surface area contributed by atoms with E-state index in [1.807, 2.05) is 49.1 Å². The first-order valence-electron chi connectivity index (χ1n) is 8.56. The maximum Gasteiger partial charge on any atom is 0.254 e. The molecule has 1 N–H and O–H groups in total. The van der Waals surface area contributed by atoms with Gasteiger partial charge >= 0.3 is 0 Å². The second kappa shape index (κ2) is 7.14. The monoisotopic (exact) mass is 324 g/mol. The second-order valence-corrected chi connectivity index (χ2v) is 6.50. The van der Waals surface area contributed by atoms with Gasteiger partial charge in [-0.3, -0.25) is 9.78 Å². The summed E-state index contributed by atoms with van der Waals surface area (Å²) in [5.74, 6) is 0.00771. The van der Waals surface area contributed by atoms with Gasteiger partial charge in [-0.1, -0.05) is 18.2 Å². The fourth-order valence-electron chi connectivity index (χ4n) is 3.43. The predicted molar refractivity (Wildman–Crippen MR) is 94.9 cm³/mol. The van der Waals surface area contributed by atoms with Gasteiger partial charge in [0.15, 0.2) is 0 Å². The van der Waals surface area contributed by atoms with E-state index in [1.165, 1.54) is 0 Å². The van der Waals surface area contributed by atoms with Gasteiger partial charge in [-0.15, -0.1) is 0 Å². The van der Waals surface area contributed by atoms with Crippen molar-refractivity contribution in [3.05, 3.63) is 53.3 Å². The summed E-state index contributed by atoms with van der Waals surface area (Å²) in [6.07, 6.45) is 2.95. The third kappa shape index (κ3) is 3.34. The number of hydrogen-bond donors (Lipinski definition) is 1. The maximum absolute atomic E-state index is 12.9. The molecule has 2 aromatic rings. The molecule has 2 heterocycles. The van der Waals surface area contributed by atoms with Gasteiger partial charge < -0.3 is 10.0 Å². The molecule has 3 rings (SSSR count). The highest BCUT2D eigenvalue weighted by Gasteiger charge is 2.27. The van der Waals surface area contributed by atoms with Crippen LogP contribution in [-0.2, 0) is 0 Å². The largest absolute Gasteiger partial charge is 0.394 e. The molecule has 1 aliphatic rings. The molecule has 0 radical (unpaired) electrons. The fraction of sp³-hybridized carbons (Fsp3) is 0.400. The van der Waals surface area contributed by atoms with Crippen LogP contribution < -0.4 is 0 Å². The van der Waals surface area contributed by atoms with Crippen molar-refractivity contribution in [3.63, 3.8) is 0 Å². The molecular formula is C20H24N2O2. The average molecular weight is 324 g/mol. The van der Waals surface area contributed by atoms with Crippen molar-refractivity contribution < 1.29 is 9.90 Å². The predicted octanol–water partition coefficient (Wildman–Crippen LogP) is 3.35. The van der Waals surface area contributed by atoms with E-state index in [9.17, 15) is 9.90 Å². The van der Waals surface area contributed by atoms with Crippen LogP contribution >= 0.6 is 0 Å². The molecule has 0 aliphatic carbocycles. The molecule has 1 fully saturated rings. The van der Waals surface area contributed by atoms with Crippen LogP contribution in [-0.4, -0.2) is 40.1 Å². The minimum atomic E-state index is -0.0577. The zero-order chi connectivity index (χ0) is 17.1. The SMILES string of the molecule is Cc1ccc(-c2cccc(C(=O)N3CCCCC3CO)c2)c(C)n1. The molecule has 1 aliphatic heterocycles. The quantitative estimate of drug-likeness (QED) is 0.942. The summed E-state index contributed by atoms with van der Waals surface area (Å²) >= 11 is 0. The van der Waals surface area contributed by atoms with Crippen molar-refractivity contribution in [1.82, 2.24) is 9.88 Å². The number of nitrogens with zero attached hydrogens (tertiary/aromatic N) is 2. The molecule has 1 aromatic heterocycles. The molecule has 0 spiro atoms. The summed E-state index contributed by atoms with van der Waals surface area (Å²) in [6.45, 7) is 4.72. The molecular weight excluding hydrogens is 300 g/mol. The van der Waals surface area contributed by atoms with Crippen molar-refractivity contribution in [2.75, 3.05) is 13.2 Å². The van der Waals surface area contributed by atoms with Gasteiger partial charge in [0.1, 0.15) is 0 Å². The highest BCUT2D eigenvalue weighted by molar-refractivity contribution is 5.95. The van der Waals surface area contributed by atoms with Crippen LogP contribution in [0.2, 0.25) is 0 Å². The standard InChI is InChI=1S/C20H24N2O2/c1-14-9-10-19(15(2)21-14)16-6-5-7-17(12-16)20(24)22-11-4-3-8-18(22)13-23/h5-7,9-10,12,18,23H,3-4,8,11,13H2,1-2H3. The Bertz CT molecular complexity index is 742. The number of aliphatic hydroxyl groups excluding tert-OH is 1. The van der Waals surface area contributed by atoms with E-state index in [2.05, 4.69) is 11.1 Å². The van der Waals surface area contributed by atoms with Crippen LogP contribution in [0.4, 0.5) is 0 Å². The molecule has 1 saturated heterocycles. The highest BCUT2D eigenvalue weighted by Crippen LogP contribution is 2.25. The van der Waals surface area contributed by atoms with Crippen molar-refractivity contribution >= 4 is 5.91 Å². The van der Waals surface area contributed by atoms with Crippen LogP contribution in [0.1, 0.15) is 41.0 Å². The van der Waals surface area contributed by atoms with Crippen LogP contribution in [0.25, 0.3) is 11.1 Å². The van der Waals surface area contributed by atoms with Gasteiger partial charge in [-0.25, -0.2) is 0 Å². The number of aryl methyl sites for hydroxylation is 2. The Hall–Kier alpha value is -2.20. The van der Waals surface area contributed by atoms with Crippen molar-refractivity contribution in [1.29, 1.82) is 0 Å². The summed E-state index contributed by atoms with van der Waals surface area (Å²) in [4.78, 5) is 19.2. The Kier molecular flexibility index (Phi) is 4.95. The van der Waals surface area contributed by atoms with Gasteiger partial charge in [0.25, 0.3) is 5.91 Å². The Labute approximate surface area is 143 Å². The van der Waals surface area contributed by atoms with Gasteiger partial charge in [-0.05, 0) is 56.9 Å². The minimum absolute atomic E-state index is 0.00771. The lowest BCUT2D eigenvalue weighted by Gasteiger charge is -2.34. The average Bonchev–Trinajstić information content (AvgIpc) is 2.61. The molecule has 24 heavy (non-hydrogen) atoms. The normalized spacial score (nSPS) is 17.8. The maximum atomic E-state index is 12.9. The van der Waals surface area contributed by atoms with E-state index < -0.39 is 0 Å². The molecule has 126 valence electrons. The van der Waals surface area contributed by atoms with E-state index in [-0.39, 0.29) is 18.6 Å². The van der Waals surface area contributed by atoms with Crippen LogP contribution in [0.3, 0.4) is 0 Å². The van der Waals surface area contributed by atoms with Gasteiger partial charge in [0.05, 0.1) is 12.6 Å². The lowest BCUT2D eigenvalue weighted by Crippen LogP contribution is -2.45. The highest BCUT2D eigenvalue weighted by atomic mass is 16.3. The number of pyridine rings is 1. The first-order valence-corrected chi connectivity index (χ1v) is 8.56. The van der Waals surface area contributed by atoms with Crippen molar-refractivity contribution in [2.24, 2.45) is 0 Å². The smallest absolute Gasteiger partial charge is 0.254 e. The van der Waals surface area contributed by atoms with Gasteiger partial charge in [0.2, 0.25) is 0 Å². The van der Waals surface area contributed by atoms with Crippen LogP contribution in [0.5, 0.6) is 0 Å². The molecule has 1 aromatic carbocycles. The number of carbonyl (C=O) groups excluding carboxylic acids is 1. The van der Waals surface area contributed by atoms with Crippen molar-refractivity contribution in [3.8, 4) is 11.1 Å². The van der Waals surface area contributed by atoms with E-state index >= 15 is 0 Å². The van der Waals surface area contributed by atoms with Crippen LogP contribution in [0.15, 0.2) is 36.4 Å². The Morgan fingerprint density at radius 1 is 1.25 bits per heavy atom. The number of carbonyl (C=O) groups is 1. The van der Waals surface area contributed by atoms with E-state index in [0.717, 1.165) is 48.3 Å². The van der Waals surface area contributed by atoms with Crippen molar-refractivity contribution in [2.45, 2.75) is 39.2 Å². The van der Waals surface area contributed by atoms with E-state index in [4.69, 9.17) is 0 Å². The Morgan fingerprint density at radius 3 is 2.83 bits per heavy atom. The third-order valence-corrected chi connectivity index (χ3v) is 4.74. The number of benzene rings is 1. The molecule has 1 amide bonds. The number of likely N-dealkylation sites (tertiary alicyclic amines) is 1. The lowest BCUT2D eigenvalue weighted by molar-refractivity contribution is 0.0503. The third-order valence-electron chi connectivity index (χ3n) is 4.74.